The number of Topliss-reactive ketones (excluding diaryl/α,β-unsaturated/α-hetero) is 1. The number of ketones is 1. The molecule has 0 saturated heterocycles. The van der Waals surface area contributed by atoms with E-state index < -0.39 is 17.8 Å². The van der Waals surface area contributed by atoms with Crippen molar-refractivity contribution in [2.75, 3.05) is 11.1 Å². The largest absolute Gasteiger partial charge is 0.416 e. The van der Waals surface area contributed by atoms with Crippen molar-refractivity contribution in [3.8, 4) is 0 Å². The summed E-state index contributed by atoms with van der Waals surface area (Å²) < 4.78 is 40.1. The second kappa shape index (κ2) is 8.81. The monoisotopic (exact) mass is 482 g/mol. The van der Waals surface area contributed by atoms with Crippen LogP contribution in [0.1, 0.15) is 84.6 Å². The second-order valence-corrected chi connectivity index (χ2v) is 9.86. The summed E-state index contributed by atoms with van der Waals surface area (Å²) in [5.41, 5.74) is 10.3. The van der Waals surface area contributed by atoms with Gasteiger partial charge in [-0.1, -0.05) is 0 Å². The zero-order valence-electron chi connectivity index (χ0n) is 19.9. The minimum absolute atomic E-state index is 0.0687. The maximum atomic E-state index is 13.4. The van der Waals surface area contributed by atoms with Gasteiger partial charge < -0.3 is 11.1 Å². The highest BCUT2D eigenvalue weighted by Crippen LogP contribution is 2.42. The van der Waals surface area contributed by atoms with Crippen LogP contribution in [0.5, 0.6) is 0 Å². The van der Waals surface area contributed by atoms with Crippen LogP contribution in [0.3, 0.4) is 0 Å². The topological polar surface area (TPSA) is 80.9 Å². The van der Waals surface area contributed by atoms with E-state index in [0.717, 1.165) is 55.1 Å². The number of hydrogen-bond acceptors (Lipinski definition) is 5. The average molecular weight is 483 g/mol. The highest BCUT2D eigenvalue weighted by molar-refractivity contribution is 5.93. The SMILES string of the molecule is Cc1nc(NC(C)c2cc(N)cc(C(F)(F)F)c2)c2cc(C3CCC(=O)CC3)c3c(c2n1)CCC3. The van der Waals surface area contributed by atoms with E-state index in [-0.39, 0.29) is 5.69 Å². The first-order valence-electron chi connectivity index (χ1n) is 12.2. The molecule has 2 aromatic carbocycles. The highest BCUT2D eigenvalue weighted by atomic mass is 19.4. The molecule has 1 fully saturated rings. The minimum Gasteiger partial charge on any atom is -0.399 e. The molecule has 0 spiro atoms. The highest BCUT2D eigenvalue weighted by Gasteiger charge is 2.32. The Labute approximate surface area is 202 Å². The number of fused-ring (bicyclic) bond motifs is 3. The van der Waals surface area contributed by atoms with Crippen LogP contribution in [0.2, 0.25) is 0 Å². The van der Waals surface area contributed by atoms with E-state index >= 15 is 0 Å². The van der Waals surface area contributed by atoms with Crippen LogP contribution >= 0.6 is 0 Å². The normalized spacial score (nSPS) is 17.6. The second-order valence-electron chi connectivity index (χ2n) is 9.86. The molecular weight excluding hydrogens is 453 g/mol. The lowest BCUT2D eigenvalue weighted by molar-refractivity contribution is -0.137. The van der Waals surface area contributed by atoms with Crippen LogP contribution < -0.4 is 11.1 Å². The molecule has 1 saturated carbocycles. The van der Waals surface area contributed by atoms with Crippen molar-refractivity contribution in [2.24, 2.45) is 0 Å². The van der Waals surface area contributed by atoms with Crippen molar-refractivity contribution < 1.29 is 18.0 Å². The molecule has 0 bridgehead atoms. The Morgan fingerprint density at radius 1 is 1.03 bits per heavy atom. The average Bonchev–Trinajstić information content (AvgIpc) is 3.29. The maximum absolute atomic E-state index is 13.4. The van der Waals surface area contributed by atoms with Gasteiger partial charge in [-0.3, -0.25) is 4.79 Å². The number of anilines is 2. The first-order chi connectivity index (χ1) is 16.6. The summed E-state index contributed by atoms with van der Waals surface area (Å²) in [6.07, 6.45) is 1.48. The summed E-state index contributed by atoms with van der Waals surface area (Å²) in [6.45, 7) is 3.64. The fraction of sp³-hybridized carbons (Fsp3) is 0.444. The van der Waals surface area contributed by atoms with Crippen LogP contribution in [0.25, 0.3) is 10.9 Å². The van der Waals surface area contributed by atoms with E-state index in [0.29, 0.717) is 41.7 Å². The quantitative estimate of drug-likeness (QED) is 0.419. The molecule has 0 amide bonds. The third-order valence-electron chi connectivity index (χ3n) is 7.35. The summed E-state index contributed by atoms with van der Waals surface area (Å²) in [7, 11) is 0. The summed E-state index contributed by atoms with van der Waals surface area (Å²) >= 11 is 0. The number of nitrogens with two attached hydrogens (primary N) is 1. The number of aromatic nitrogens is 2. The molecule has 1 aromatic heterocycles. The standard InChI is InChI=1S/C27H29F3N4O/c1-14(17-10-18(27(28,29)30)12-19(31)11-17)32-26-24-13-23(16-6-8-20(35)9-7-16)21-4-3-5-22(21)25(24)33-15(2)34-26/h10-14,16H,3-9,31H2,1-2H3,(H,32,33,34). The van der Waals surface area contributed by atoms with Crippen LogP contribution in [0, 0.1) is 6.92 Å². The maximum Gasteiger partial charge on any atom is 0.416 e. The number of nitrogens with one attached hydrogen (secondary N) is 1. The first-order valence-corrected chi connectivity index (χ1v) is 12.2. The fourth-order valence-electron chi connectivity index (χ4n) is 5.62. The fourth-order valence-corrected chi connectivity index (χ4v) is 5.62. The summed E-state index contributed by atoms with van der Waals surface area (Å²) in [4.78, 5) is 21.3. The number of hydrogen-bond donors (Lipinski definition) is 2. The van der Waals surface area contributed by atoms with Crippen molar-refractivity contribution >= 4 is 28.2 Å². The number of rotatable bonds is 4. The number of nitrogens with zero attached hydrogens (tertiary/aromatic N) is 2. The Balaban J connectivity index is 1.57. The van der Waals surface area contributed by atoms with Crippen molar-refractivity contribution in [3.05, 3.63) is 57.9 Å². The van der Waals surface area contributed by atoms with Gasteiger partial charge in [0.05, 0.1) is 17.1 Å². The van der Waals surface area contributed by atoms with E-state index in [1.807, 2.05) is 6.92 Å². The molecular formula is C27H29F3N4O. The Morgan fingerprint density at radius 3 is 2.46 bits per heavy atom. The van der Waals surface area contributed by atoms with Gasteiger partial charge in [-0.25, -0.2) is 9.97 Å². The van der Waals surface area contributed by atoms with Crippen LogP contribution in [-0.4, -0.2) is 15.8 Å². The van der Waals surface area contributed by atoms with Gasteiger partial charge in [-0.15, -0.1) is 0 Å². The molecule has 184 valence electrons. The van der Waals surface area contributed by atoms with Gasteiger partial charge in [0.2, 0.25) is 0 Å². The summed E-state index contributed by atoms with van der Waals surface area (Å²) in [6, 6.07) is 5.35. The molecule has 3 N–H and O–H groups in total. The molecule has 8 heteroatoms. The van der Waals surface area contributed by atoms with Gasteiger partial charge in [-0.2, -0.15) is 13.2 Å². The molecule has 2 aliphatic rings. The van der Waals surface area contributed by atoms with Gasteiger partial charge in [0.1, 0.15) is 17.4 Å². The third kappa shape index (κ3) is 4.58. The number of carbonyl (C=O) groups excluding carboxylic acids is 1. The number of halogens is 3. The number of aryl methyl sites for hydroxylation is 2. The summed E-state index contributed by atoms with van der Waals surface area (Å²) in [5.74, 6) is 1.88. The molecule has 35 heavy (non-hydrogen) atoms. The van der Waals surface area contributed by atoms with E-state index in [1.54, 1.807) is 13.0 Å². The third-order valence-corrected chi connectivity index (χ3v) is 7.35. The predicted octanol–water partition coefficient (Wildman–Crippen LogP) is 6.43. The number of nitrogen functional groups attached to an aromatic ring is 1. The van der Waals surface area contributed by atoms with Crippen molar-refractivity contribution in [3.63, 3.8) is 0 Å². The molecule has 3 aromatic rings. The Bertz CT molecular complexity index is 1310. The van der Waals surface area contributed by atoms with Crippen molar-refractivity contribution in [1.29, 1.82) is 0 Å². The molecule has 0 radical (unpaired) electrons. The van der Waals surface area contributed by atoms with Gasteiger partial charge in [0.25, 0.3) is 0 Å². The zero-order valence-corrected chi connectivity index (χ0v) is 19.9. The van der Waals surface area contributed by atoms with Crippen LogP contribution in [-0.2, 0) is 23.8 Å². The molecule has 0 aliphatic heterocycles. The Hall–Kier alpha value is -3.16. The number of benzene rings is 2. The molecule has 1 unspecified atom stereocenters. The first kappa shape index (κ1) is 23.6. The van der Waals surface area contributed by atoms with E-state index in [9.17, 15) is 18.0 Å². The van der Waals surface area contributed by atoms with Crippen LogP contribution in [0.4, 0.5) is 24.7 Å². The lowest BCUT2D eigenvalue weighted by Gasteiger charge is -2.25. The molecule has 5 rings (SSSR count). The van der Waals surface area contributed by atoms with Gasteiger partial charge in [0, 0.05) is 23.9 Å². The summed E-state index contributed by atoms with van der Waals surface area (Å²) in [5, 5.41) is 4.23. The van der Waals surface area contributed by atoms with Gasteiger partial charge in [-0.05, 0) is 98.4 Å². The molecule has 1 atom stereocenters. The Kier molecular flexibility index (Phi) is 5.93. The lowest BCUT2D eigenvalue weighted by Crippen LogP contribution is -2.15. The van der Waals surface area contributed by atoms with Crippen molar-refractivity contribution in [1.82, 2.24) is 9.97 Å². The smallest absolute Gasteiger partial charge is 0.399 e. The van der Waals surface area contributed by atoms with E-state index in [1.165, 1.54) is 16.7 Å². The molecule has 5 nitrogen and oxygen atoms in total. The molecule has 1 heterocycles. The van der Waals surface area contributed by atoms with E-state index in [4.69, 9.17) is 10.7 Å². The molecule has 2 aliphatic carbocycles. The van der Waals surface area contributed by atoms with Crippen molar-refractivity contribution in [2.45, 2.75) is 76.9 Å². The van der Waals surface area contributed by atoms with Gasteiger partial charge in [0.15, 0.2) is 0 Å². The lowest BCUT2D eigenvalue weighted by atomic mass is 9.80. The van der Waals surface area contributed by atoms with E-state index in [2.05, 4.69) is 16.4 Å². The zero-order chi connectivity index (χ0) is 24.9. The van der Waals surface area contributed by atoms with Crippen LogP contribution in [0.15, 0.2) is 24.3 Å². The predicted molar refractivity (Wildman–Crippen MR) is 130 cm³/mol. The van der Waals surface area contributed by atoms with Gasteiger partial charge >= 0.3 is 6.18 Å². The number of carbonyl (C=O) groups is 1. The number of alkyl halides is 3. The Morgan fingerprint density at radius 2 is 1.74 bits per heavy atom. The minimum atomic E-state index is -4.47.